The summed E-state index contributed by atoms with van der Waals surface area (Å²) in [4.78, 5) is 15.0. The average molecular weight is 467 g/mol. The van der Waals surface area contributed by atoms with Crippen LogP contribution in [0.15, 0.2) is 73.0 Å². The molecule has 4 N–H and O–H groups in total. The van der Waals surface area contributed by atoms with E-state index in [1.807, 2.05) is 35.2 Å². The third-order valence-electron chi connectivity index (χ3n) is 5.71. The van der Waals surface area contributed by atoms with Gasteiger partial charge >= 0.3 is 0 Å². The lowest BCUT2D eigenvalue weighted by atomic mass is 9.89. The van der Waals surface area contributed by atoms with Crippen LogP contribution in [0.2, 0.25) is 0 Å². The fourth-order valence-corrected chi connectivity index (χ4v) is 4.01. The van der Waals surface area contributed by atoms with Crippen molar-refractivity contribution in [3.8, 4) is 0 Å². The highest BCUT2D eigenvalue weighted by Crippen LogP contribution is 2.26. The number of aliphatic hydroxyl groups is 3. The molecule has 1 atom stereocenters. The first kappa shape index (κ1) is 27.3. The standard InChI is InChI=1S/C24H27NO2.C4H11NO2/c1-18(16-19(2)26)22-10-6-7-11-23(22)24(27)25-14-12-21(13-15-25)17-20-8-4-3-5-9-20;1-4(7)5-2-3-6/h3-11,16,21,26H,1,12-15,17H2,2H3;4-7H,2-3H2,1H3/b19-16-;. The number of hydrogen-bond donors (Lipinski definition) is 4. The van der Waals surface area contributed by atoms with E-state index in [1.54, 1.807) is 19.9 Å². The molecule has 1 unspecified atom stereocenters. The van der Waals surface area contributed by atoms with Crippen molar-refractivity contribution >= 4 is 11.5 Å². The molecule has 1 amide bonds. The molecular weight excluding hydrogens is 428 g/mol. The van der Waals surface area contributed by atoms with E-state index in [4.69, 9.17) is 10.2 Å². The van der Waals surface area contributed by atoms with E-state index < -0.39 is 6.23 Å². The van der Waals surface area contributed by atoms with Crippen LogP contribution in [0.25, 0.3) is 5.57 Å². The number of carbonyl (C=O) groups is 1. The van der Waals surface area contributed by atoms with Gasteiger partial charge in [-0.25, -0.2) is 0 Å². The Hall–Kier alpha value is -2.93. The molecule has 2 aromatic carbocycles. The highest BCUT2D eigenvalue weighted by Gasteiger charge is 2.25. The minimum Gasteiger partial charge on any atom is -0.513 e. The van der Waals surface area contributed by atoms with E-state index in [-0.39, 0.29) is 18.3 Å². The maximum absolute atomic E-state index is 13.1. The lowest BCUT2D eigenvalue weighted by molar-refractivity contribution is 0.0690. The molecule has 184 valence electrons. The SMILES string of the molecule is C=C(/C=C(/C)O)c1ccccc1C(=O)N1CCC(Cc2ccccc2)CC1.CC(O)NCCO. The van der Waals surface area contributed by atoms with Gasteiger partial charge in [-0.3, -0.25) is 10.1 Å². The number of piperidine rings is 1. The van der Waals surface area contributed by atoms with Crippen molar-refractivity contribution in [3.05, 3.63) is 89.7 Å². The number of likely N-dealkylation sites (tertiary alicyclic amines) is 1. The summed E-state index contributed by atoms with van der Waals surface area (Å²) < 4.78 is 0. The van der Waals surface area contributed by atoms with Crippen LogP contribution in [0.3, 0.4) is 0 Å². The number of nitrogens with one attached hydrogen (secondary N) is 1. The summed E-state index contributed by atoms with van der Waals surface area (Å²) in [5.41, 5.74) is 3.46. The van der Waals surface area contributed by atoms with Gasteiger partial charge in [0.25, 0.3) is 5.91 Å². The second-order valence-electron chi connectivity index (χ2n) is 8.64. The van der Waals surface area contributed by atoms with E-state index >= 15 is 0 Å². The molecule has 0 bridgehead atoms. The second kappa shape index (κ2) is 14.4. The third kappa shape index (κ3) is 9.14. The molecule has 0 spiro atoms. The Morgan fingerprint density at radius 3 is 2.24 bits per heavy atom. The summed E-state index contributed by atoms with van der Waals surface area (Å²) in [5, 5.41) is 28.7. The van der Waals surface area contributed by atoms with Gasteiger partial charge in [0.05, 0.1) is 12.4 Å². The van der Waals surface area contributed by atoms with Gasteiger partial charge in [-0.2, -0.15) is 0 Å². The number of allylic oxidation sites excluding steroid dienone is 3. The summed E-state index contributed by atoms with van der Waals surface area (Å²) in [7, 11) is 0. The first-order chi connectivity index (χ1) is 16.3. The summed E-state index contributed by atoms with van der Waals surface area (Å²) in [6, 6.07) is 18.1. The van der Waals surface area contributed by atoms with Crippen LogP contribution < -0.4 is 5.32 Å². The first-order valence-electron chi connectivity index (χ1n) is 11.8. The molecule has 0 radical (unpaired) electrons. The fourth-order valence-electron chi connectivity index (χ4n) is 4.01. The molecule has 6 heteroatoms. The van der Waals surface area contributed by atoms with Crippen LogP contribution >= 0.6 is 0 Å². The highest BCUT2D eigenvalue weighted by atomic mass is 16.3. The van der Waals surface area contributed by atoms with Gasteiger partial charge in [0.2, 0.25) is 0 Å². The monoisotopic (exact) mass is 466 g/mol. The fraction of sp³-hybridized carbons (Fsp3) is 0.393. The van der Waals surface area contributed by atoms with Crippen LogP contribution in [0.1, 0.15) is 48.2 Å². The van der Waals surface area contributed by atoms with Gasteiger partial charge in [0.1, 0.15) is 6.23 Å². The number of hydrogen-bond acceptors (Lipinski definition) is 5. The quantitative estimate of drug-likeness (QED) is 0.266. The van der Waals surface area contributed by atoms with Crippen LogP contribution in [0.4, 0.5) is 0 Å². The highest BCUT2D eigenvalue weighted by molar-refractivity contribution is 6.00. The van der Waals surface area contributed by atoms with E-state index in [1.165, 1.54) is 5.56 Å². The predicted octanol–water partition coefficient (Wildman–Crippen LogP) is 4.16. The van der Waals surface area contributed by atoms with Gasteiger partial charge in [-0.05, 0) is 67.9 Å². The van der Waals surface area contributed by atoms with Crippen molar-refractivity contribution in [3.63, 3.8) is 0 Å². The van der Waals surface area contributed by atoms with Crippen LogP contribution in [-0.4, -0.2) is 58.6 Å². The summed E-state index contributed by atoms with van der Waals surface area (Å²) in [6.45, 7) is 9.31. The van der Waals surface area contributed by atoms with Crippen LogP contribution in [0.5, 0.6) is 0 Å². The molecule has 1 fully saturated rings. The normalized spacial score (nSPS) is 15.3. The molecular formula is C28H38N2O4. The maximum atomic E-state index is 13.1. The zero-order chi connectivity index (χ0) is 24.9. The molecule has 1 aliphatic heterocycles. The zero-order valence-electron chi connectivity index (χ0n) is 20.3. The molecule has 0 aromatic heterocycles. The molecule has 3 rings (SSSR count). The van der Waals surface area contributed by atoms with Crippen molar-refractivity contribution in [1.82, 2.24) is 10.2 Å². The van der Waals surface area contributed by atoms with Crippen molar-refractivity contribution < 1.29 is 20.1 Å². The number of rotatable bonds is 8. The van der Waals surface area contributed by atoms with E-state index in [2.05, 4.69) is 36.2 Å². The largest absolute Gasteiger partial charge is 0.513 e. The minimum absolute atomic E-state index is 0.0499. The number of carbonyl (C=O) groups excluding carboxylic acids is 1. The molecule has 1 saturated heterocycles. The van der Waals surface area contributed by atoms with Crippen LogP contribution in [0, 0.1) is 5.92 Å². The molecule has 0 saturated carbocycles. The molecule has 0 aliphatic carbocycles. The summed E-state index contributed by atoms with van der Waals surface area (Å²) in [5.74, 6) is 0.861. The number of nitrogens with zero attached hydrogens (tertiary/aromatic N) is 1. The summed E-state index contributed by atoms with van der Waals surface area (Å²) in [6.07, 6.45) is 4.22. The van der Waals surface area contributed by atoms with Crippen molar-refractivity contribution in [2.24, 2.45) is 5.92 Å². The van der Waals surface area contributed by atoms with Gasteiger partial charge < -0.3 is 20.2 Å². The first-order valence-corrected chi connectivity index (χ1v) is 11.8. The molecule has 1 aliphatic rings. The van der Waals surface area contributed by atoms with Crippen molar-refractivity contribution in [2.75, 3.05) is 26.2 Å². The molecule has 6 nitrogen and oxygen atoms in total. The lowest BCUT2D eigenvalue weighted by Gasteiger charge is -2.32. The topological polar surface area (TPSA) is 93.0 Å². The van der Waals surface area contributed by atoms with Gasteiger partial charge in [0.15, 0.2) is 0 Å². The van der Waals surface area contributed by atoms with Gasteiger partial charge in [-0.1, -0.05) is 55.1 Å². The number of benzene rings is 2. The van der Waals surface area contributed by atoms with Crippen molar-refractivity contribution in [2.45, 2.75) is 39.3 Å². The number of aliphatic hydroxyl groups excluding tert-OH is 3. The lowest BCUT2D eigenvalue weighted by Crippen LogP contribution is -2.39. The predicted molar refractivity (Wildman–Crippen MR) is 137 cm³/mol. The Kier molecular flexibility index (Phi) is 11.5. The number of amides is 1. The van der Waals surface area contributed by atoms with Crippen LogP contribution in [-0.2, 0) is 6.42 Å². The maximum Gasteiger partial charge on any atom is 0.254 e. The summed E-state index contributed by atoms with van der Waals surface area (Å²) >= 11 is 0. The van der Waals surface area contributed by atoms with Crippen molar-refractivity contribution in [1.29, 1.82) is 0 Å². The Morgan fingerprint density at radius 2 is 1.71 bits per heavy atom. The second-order valence-corrected chi connectivity index (χ2v) is 8.64. The Bertz CT molecular complexity index is 928. The minimum atomic E-state index is -0.507. The molecule has 34 heavy (non-hydrogen) atoms. The average Bonchev–Trinajstić information content (AvgIpc) is 2.83. The Morgan fingerprint density at radius 1 is 1.12 bits per heavy atom. The van der Waals surface area contributed by atoms with E-state index in [0.29, 0.717) is 23.6 Å². The van der Waals surface area contributed by atoms with E-state index in [0.717, 1.165) is 37.9 Å². The molecule has 1 heterocycles. The van der Waals surface area contributed by atoms with Gasteiger partial charge in [-0.15, -0.1) is 0 Å². The Balaban J connectivity index is 0.000000509. The van der Waals surface area contributed by atoms with E-state index in [9.17, 15) is 9.90 Å². The zero-order valence-corrected chi connectivity index (χ0v) is 20.3. The third-order valence-corrected chi connectivity index (χ3v) is 5.71. The molecule has 2 aromatic rings. The smallest absolute Gasteiger partial charge is 0.254 e. The van der Waals surface area contributed by atoms with Gasteiger partial charge in [0, 0.05) is 25.2 Å². The Labute approximate surface area is 203 Å².